The summed E-state index contributed by atoms with van der Waals surface area (Å²) in [7, 11) is -3.99. The van der Waals surface area contributed by atoms with Crippen molar-refractivity contribution in [1.82, 2.24) is 4.31 Å². The standard InChI is InChI=1S/C16H24FN3O4S/c1-11(2)9-14(18)16(21)19-12-3-4-13(17)15(10-12)25(22,23)20-5-7-24-8-6-20/h3-4,10-11,14H,5-9,18H2,1-2H3,(H,19,21)/t14-/m0/s1. The number of anilines is 1. The minimum Gasteiger partial charge on any atom is -0.379 e. The van der Waals surface area contributed by atoms with Gasteiger partial charge in [-0.1, -0.05) is 13.8 Å². The molecule has 9 heteroatoms. The van der Waals surface area contributed by atoms with Gasteiger partial charge in [0.15, 0.2) is 0 Å². The van der Waals surface area contributed by atoms with Crippen molar-refractivity contribution >= 4 is 21.6 Å². The molecule has 1 aliphatic heterocycles. The lowest BCUT2D eigenvalue weighted by molar-refractivity contribution is -0.117. The smallest absolute Gasteiger partial charge is 0.246 e. The van der Waals surface area contributed by atoms with Gasteiger partial charge < -0.3 is 15.8 Å². The average Bonchev–Trinajstić information content (AvgIpc) is 2.56. The van der Waals surface area contributed by atoms with E-state index in [1.165, 1.54) is 10.4 Å². The van der Waals surface area contributed by atoms with E-state index in [1.54, 1.807) is 0 Å². The number of hydrogen-bond acceptors (Lipinski definition) is 5. The number of morpholine rings is 1. The highest BCUT2D eigenvalue weighted by atomic mass is 32.2. The molecule has 0 radical (unpaired) electrons. The van der Waals surface area contributed by atoms with E-state index in [4.69, 9.17) is 10.5 Å². The van der Waals surface area contributed by atoms with Gasteiger partial charge in [0.1, 0.15) is 10.7 Å². The zero-order chi connectivity index (χ0) is 18.6. The first-order valence-corrected chi connectivity index (χ1v) is 9.59. The van der Waals surface area contributed by atoms with E-state index in [9.17, 15) is 17.6 Å². The first-order chi connectivity index (χ1) is 11.7. The maximum atomic E-state index is 14.1. The number of carbonyl (C=O) groups is 1. The van der Waals surface area contributed by atoms with Crippen molar-refractivity contribution in [2.45, 2.75) is 31.2 Å². The monoisotopic (exact) mass is 373 g/mol. The Morgan fingerprint density at radius 3 is 2.60 bits per heavy atom. The van der Waals surface area contributed by atoms with Gasteiger partial charge >= 0.3 is 0 Å². The van der Waals surface area contributed by atoms with Gasteiger partial charge in [0.2, 0.25) is 15.9 Å². The van der Waals surface area contributed by atoms with Crippen LogP contribution in [0.25, 0.3) is 0 Å². The Kier molecular flexibility index (Phi) is 6.50. The summed E-state index contributed by atoms with van der Waals surface area (Å²) in [4.78, 5) is 11.6. The fraction of sp³-hybridized carbons (Fsp3) is 0.562. The lowest BCUT2D eigenvalue weighted by Gasteiger charge is -2.26. The molecule has 1 aromatic carbocycles. The van der Waals surface area contributed by atoms with Gasteiger partial charge in [-0.15, -0.1) is 0 Å². The normalized spacial score (nSPS) is 17.5. The number of amides is 1. The number of nitrogens with zero attached hydrogens (tertiary/aromatic N) is 1. The molecule has 140 valence electrons. The molecule has 0 aromatic heterocycles. The fourth-order valence-corrected chi connectivity index (χ4v) is 4.05. The predicted octanol–water partition coefficient (Wildman–Crippen LogP) is 1.16. The van der Waals surface area contributed by atoms with Gasteiger partial charge in [-0.05, 0) is 30.5 Å². The van der Waals surface area contributed by atoms with Gasteiger partial charge in [0.05, 0.1) is 19.3 Å². The fourth-order valence-electron chi connectivity index (χ4n) is 2.55. The van der Waals surface area contributed by atoms with Gasteiger partial charge in [-0.2, -0.15) is 4.31 Å². The zero-order valence-electron chi connectivity index (χ0n) is 14.4. The number of nitrogens with one attached hydrogen (secondary N) is 1. The van der Waals surface area contributed by atoms with Crippen LogP contribution in [-0.2, 0) is 19.6 Å². The van der Waals surface area contributed by atoms with Crippen LogP contribution in [0.2, 0.25) is 0 Å². The molecule has 0 unspecified atom stereocenters. The maximum Gasteiger partial charge on any atom is 0.246 e. The molecule has 7 nitrogen and oxygen atoms in total. The van der Waals surface area contributed by atoms with Crippen molar-refractivity contribution in [2.24, 2.45) is 11.7 Å². The van der Waals surface area contributed by atoms with Crippen molar-refractivity contribution in [3.63, 3.8) is 0 Å². The van der Waals surface area contributed by atoms with E-state index >= 15 is 0 Å². The van der Waals surface area contributed by atoms with Crippen molar-refractivity contribution in [1.29, 1.82) is 0 Å². The van der Waals surface area contributed by atoms with E-state index in [1.807, 2.05) is 13.8 Å². The molecule has 1 heterocycles. The van der Waals surface area contributed by atoms with Gasteiger partial charge in [0.25, 0.3) is 0 Å². The van der Waals surface area contributed by atoms with Gasteiger partial charge in [-0.3, -0.25) is 4.79 Å². The SMILES string of the molecule is CC(C)C[C@H](N)C(=O)Nc1ccc(F)c(S(=O)(=O)N2CCOCC2)c1. The Labute approximate surface area is 147 Å². The molecule has 1 aromatic rings. The second-order valence-electron chi connectivity index (χ2n) is 6.39. The summed E-state index contributed by atoms with van der Waals surface area (Å²) in [5.41, 5.74) is 6.00. The number of halogens is 1. The molecule has 0 aliphatic carbocycles. The third kappa shape index (κ3) is 4.97. The quantitative estimate of drug-likeness (QED) is 0.779. The predicted molar refractivity (Wildman–Crippen MR) is 92.0 cm³/mol. The summed E-state index contributed by atoms with van der Waals surface area (Å²) in [5, 5.41) is 2.55. The van der Waals surface area contributed by atoms with Crippen LogP contribution in [-0.4, -0.2) is 51.0 Å². The van der Waals surface area contributed by atoms with E-state index < -0.39 is 32.7 Å². The van der Waals surface area contributed by atoms with Crippen LogP contribution in [0.15, 0.2) is 23.1 Å². The topological polar surface area (TPSA) is 102 Å². The highest BCUT2D eigenvalue weighted by molar-refractivity contribution is 7.89. The van der Waals surface area contributed by atoms with E-state index in [2.05, 4.69) is 5.32 Å². The third-order valence-corrected chi connectivity index (χ3v) is 5.76. The Hall–Kier alpha value is -1.55. The Morgan fingerprint density at radius 1 is 1.36 bits per heavy atom. The molecular weight excluding hydrogens is 349 g/mol. The molecule has 1 fully saturated rings. The Balaban J connectivity index is 2.21. The second kappa shape index (κ2) is 8.22. The summed E-state index contributed by atoms with van der Waals surface area (Å²) in [5.74, 6) is -1.06. The Bertz CT molecular complexity index is 718. The zero-order valence-corrected chi connectivity index (χ0v) is 15.2. The molecule has 1 amide bonds. The lowest BCUT2D eigenvalue weighted by atomic mass is 10.0. The number of carbonyl (C=O) groups excluding carboxylic acids is 1. The minimum absolute atomic E-state index is 0.164. The molecule has 25 heavy (non-hydrogen) atoms. The van der Waals surface area contributed by atoms with Gasteiger partial charge in [-0.25, -0.2) is 12.8 Å². The molecule has 1 aliphatic rings. The van der Waals surface area contributed by atoms with E-state index in [0.717, 1.165) is 12.1 Å². The minimum atomic E-state index is -3.99. The first kappa shape index (κ1) is 19.8. The van der Waals surface area contributed by atoms with Gasteiger partial charge in [0, 0.05) is 18.8 Å². The summed E-state index contributed by atoms with van der Waals surface area (Å²) in [6.45, 7) is 4.74. The largest absolute Gasteiger partial charge is 0.379 e. The van der Waals surface area contributed by atoms with Crippen molar-refractivity contribution in [2.75, 3.05) is 31.6 Å². The molecule has 1 atom stereocenters. The van der Waals surface area contributed by atoms with Crippen LogP contribution in [0.4, 0.5) is 10.1 Å². The van der Waals surface area contributed by atoms with E-state index in [-0.39, 0.29) is 37.9 Å². The average molecular weight is 373 g/mol. The number of sulfonamides is 1. The maximum absolute atomic E-state index is 14.1. The van der Waals surface area contributed by atoms with Crippen LogP contribution in [0.3, 0.4) is 0 Å². The molecule has 3 N–H and O–H groups in total. The number of rotatable bonds is 6. The molecule has 0 saturated carbocycles. The second-order valence-corrected chi connectivity index (χ2v) is 8.29. The number of benzene rings is 1. The highest BCUT2D eigenvalue weighted by Crippen LogP contribution is 2.24. The molecule has 2 rings (SSSR count). The van der Waals surface area contributed by atoms with Crippen molar-refractivity contribution < 1.29 is 22.3 Å². The van der Waals surface area contributed by atoms with Crippen molar-refractivity contribution in [3.8, 4) is 0 Å². The van der Waals surface area contributed by atoms with E-state index in [0.29, 0.717) is 6.42 Å². The third-order valence-electron chi connectivity index (χ3n) is 3.85. The van der Waals surface area contributed by atoms with Crippen LogP contribution in [0, 0.1) is 11.7 Å². The van der Waals surface area contributed by atoms with Crippen LogP contribution in [0.5, 0.6) is 0 Å². The number of ether oxygens (including phenoxy) is 1. The van der Waals surface area contributed by atoms with Crippen molar-refractivity contribution in [3.05, 3.63) is 24.0 Å². The number of nitrogens with two attached hydrogens (primary N) is 1. The molecule has 0 spiro atoms. The highest BCUT2D eigenvalue weighted by Gasteiger charge is 2.29. The van der Waals surface area contributed by atoms with Crippen LogP contribution < -0.4 is 11.1 Å². The molecule has 0 bridgehead atoms. The lowest BCUT2D eigenvalue weighted by Crippen LogP contribution is -2.41. The summed E-state index contributed by atoms with van der Waals surface area (Å²) in [6.07, 6.45) is 0.492. The summed E-state index contributed by atoms with van der Waals surface area (Å²) < 4.78 is 45.6. The molecular formula is C16H24FN3O4S. The van der Waals surface area contributed by atoms with Crippen LogP contribution in [0.1, 0.15) is 20.3 Å². The summed E-state index contributed by atoms with van der Waals surface area (Å²) in [6, 6.07) is 2.74. The molecule has 1 saturated heterocycles. The Morgan fingerprint density at radius 2 is 2.00 bits per heavy atom. The number of hydrogen-bond donors (Lipinski definition) is 2. The van der Waals surface area contributed by atoms with Crippen LogP contribution >= 0.6 is 0 Å². The first-order valence-electron chi connectivity index (χ1n) is 8.15. The summed E-state index contributed by atoms with van der Waals surface area (Å²) >= 11 is 0.